The second-order valence-corrected chi connectivity index (χ2v) is 13.9. The SMILES string of the molecule is CC(C)(C)Cc1ccnc(-c2[c-]cc3c(c2)c2cc4c5ccccc5oc4c4c5ccccc5n3c24)c1.[Ir].[c-]1ccccc1-c1ccccn1. The first-order chi connectivity index (χ1) is 23.9. The van der Waals surface area contributed by atoms with Crippen LogP contribution in [-0.2, 0) is 26.5 Å². The molecule has 0 bridgehead atoms. The molecule has 0 atom stereocenters. The standard InChI is InChI=1S/C34H25N2O.C11H8N.Ir/c1-34(2,3)19-20-14-15-35-27(16-20)21-12-13-29-24(17-21)25-18-26-22-8-5-7-11-30(22)37-33(26)31-23-9-4-6-10-28(23)36(29)32(25)31;1-2-6-10(7-3-1)11-8-4-5-9-12-11;/h4-11,13-18H,19H2,1-3H3;1-6,8-9H;/q2*-1;. The van der Waals surface area contributed by atoms with Gasteiger partial charge in [-0.05, 0) is 64.5 Å². The minimum absolute atomic E-state index is 0. The number of para-hydroxylation sites is 2. The van der Waals surface area contributed by atoms with Crippen LogP contribution in [0.25, 0.3) is 82.5 Å². The van der Waals surface area contributed by atoms with Gasteiger partial charge in [-0.15, -0.1) is 59.7 Å². The smallest absolute Gasteiger partial charge is 0.145 e. The summed E-state index contributed by atoms with van der Waals surface area (Å²) in [5, 5.41) is 7.17. The van der Waals surface area contributed by atoms with E-state index in [9.17, 15) is 0 Å². The molecule has 0 spiro atoms. The summed E-state index contributed by atoms with van der Waals surface area (Å²) < 4.78 is 8.86. The van der Waals surface area contributed by atoms with E-state index in [2.05, 4.69) is 115 Å². The monoisotopic (exact) mass is 824 g/mol. The molecule has 5 heteroatoms. The molecule has 0 unspecified atom stereocenters. The summed E-state index contributed by atoms with van der Waals surface area (Å²) in [4.78, 5) is 8.95. The molecular weight excluding hydrogens is 791 g/mol. The van der Waals surface area contributed by atoms with Crippen LogP contribution in [0, 0.1) is 17.5 Å². The van der Waals surface area contributed by atoms with Crippen molar-refractivity contribution in [2.45, 2.75) is 27.2 Å². The van der Waals surface area contributed by atoms with Crippen LogP contribution in [0.5, 0.6) is 0 Å². The van der Waals surface area contributed by atoms with Crippen LogP contribution in [0.15, 0.2) is 138 Å². The molecule has 0 fully saturated rings. The first-order valence-electron chi connectivity index (χ1n) is 16.7. The number of aromatic nitrogens is 3. The average Bonchev–Trinajstić information content (AvgIpc) is 3.78. The van der Waals surface area contributed by atoms with Gasteiger partial charge in [0, 0.05) is 54.2 Å². The molecule has 0 amide bonds. The molecule has 4 nitrogen and oxygen atoms in total. The Hall–Kier alpha value is -5.35. The molecule has 245 valence electrons. The Labute approximate surface area is 304 Å². The molecule has 1 radical (unpaired) electrons. The number of pyridine rings is 2. The number of fused-ring (bicyclic) bond motifs is 10. The Morgan fingerprint density at radius 3 is 2.22 bits per heavy atom. The van der Waals surface area contributed by atoms with Crippen molar-refractivity contribution in [2.75, 3.05) is 0 Å². The third kappa shape index (κ3) is 5.44. The van der Waals surface area contributed by atoms with E-state index >= 15 is 0 Å². The zero-order valence-corrected chi connectivity index (χ0v) is 30.4. The van der Waals surface area contributed by atoms with Crippen molar-refractivity contribution < 1.29 is 24.5 Å². The van der Waals surface area contributed by atoms with Crippen molar-refractivity contribution in [3.8, 4) is 22.5 Å². The van der Waals surface area contributed by atoms with Crippen LogP contribution in [0.2, 0.25) is 0 Å². The van der Waals surface area contributed by atoms with Crippen molar-refractivity contribution in [1.82, 2.24) is 14.4 Å². The predicted octanol–water partition coefficient (Wildman–Crippen LogP) is 11.7. The van der Waals surface area contributed by atoms with Gasteiger partial charge in [-0.25, -0.2) is 0 Å². The van der Waals surface area contributed by atoms with E-state index in [0.29, 0.717) is 0 Å². The minimum Gasteiger partial charge on any atom is -0.455 e. The molecule has 0 saturated heterocycles. The molecule has 50 heavy (non-hydrogen) atoms. The van der Waals surface area contributed by atoms with Gasteiger partial charge < -0.3 is 18.8 Å². The summed E-state index contributed by atoms with van der Waals surface area (Å²) in [6.45, 7) is 6.82. The van der Waals surface area contributed by atoms with E-state index < -0.39 is 0 Å². The van der Waals surface area contributed by atoms with Crippen molar-refractivity contribution in [3.05, 3.63) is 151 Å². The quantitative estimate of drug-likeness (QED) is 0.167. The fraction of sp³-hybridized carbons (Fsp3) is 0.111. The number of hydrogen-bond acceptors (Lipinski definition) is 3. The summed E-state index contributed by atoms with van der Waals surface area (Å²) in [6, 6.07) is 48.4. The second-order valence-electron chi connectivity index (χ2n) is 13.9. The van der Waals surface area contributed by atoms with E-state index in [1.807, 2.05) is 54.7 Å². The molecule has 0 aliphatic heterocycles. The van der Waals surface area contributed by atoms with Gasteiger partial charge in [0.15, 0.2) is 0 Å². The molecule has 10 rings (SSSR count). The van der Waals surface area contributed by atoms with Gasteiger partial charge in [-0.2, -0.15) is 0 Å². The van der Waals surface area contributed by atoms with Gasteiger partial charge in [0.1, 0.15) is 11.2 Å². The predicted molar refractivity (Wildman–Crippen MR) is 202 cm³/mol. The zero-order chi connectivity index (χ0) is 33.1. The Balaban J connectivity index is 0.000000236. The first kappa shape index (κ1) is 31.9. The Morgan fingerprint density at radius 1 is 0.640 bits per heavy atom. The number of hydrogen-bond donors (Lipinski definition) is 0. The van der Waals surface area contributed by atoms with Gasteiger partial charge in [-0.1, -0.05) is 86.3 Å². The Morgan fingerprint density at radius 2 is 1.42 bits per heavy atom. The third-order valence-corrected chi connectivity index (χ3v) is 9.22. The summed E-state index contributed by atoms with van der Waals surface area (Å²) in [5.41, 5.74) is 11.0. The zero-order valence-electron chi connectivity index (χ0n) is 28.0. The van der Waals surface area contributed by atoms with Crippen molar-refractivity contribution in [3.63, 3.8) is 0 Å². The summed E-state index contributed by atoms with van der Waals surface area (Å²) in [5.74, 6) is 0. The van der Waals surface area contributed by atoms with Gasteiger partial charge in [0.25, 0.3) is 0 Å². The van der Waals surface area contributed by atoms with Crippen LogP contribution >= 0.6 is 0 Å². The van der Waals surface area contributed by atoms with Crippen LogP contribution in [0.4, 0.5) is 0 Å². The van der Waals surface area contributed by atoms with E-state index in [1.165, 1.54) is 38.1 Å². The van der Waals surface area contributed by atoms with Crippen LogP contribution in [0.3, 0.4) is 0 Å². The minimum atomic E-state index is 0. The van der Waals surface area contributed by atoms with Crippen LogP contribution in [0.1, 0.15) is 26.3 Å². The Kier molecular flexibility index (Phi) is 7.98. The first-order valence-corrected chi connectivity index (χ1v) is 16.7. The molecule has 0 N–H and O–H groups in total. The van der Waals surface area contributed by atoms with Gasteiger partial charge in [0.2, 0.25) is 0 Å². The molecule has 5 aromatic carbocycles. The summed E-state index contributed by atoms with van der Waals surface area (Å²) >= 11 is 0. The summed E-state index contributed by atoms with van der Waals surface area (Å²) in [7, 11) is 0. The number of benzene rings is 5. The molecule has 0 saturated carbocycles. The van der Waals surface area contributed by atoms with Gasteiger partial charge in [0.05, 0.1) is 10.9 Å². The maximum Gasteiger partial charge on any atom is 0.145 e. The van der Waals surface area contributed by atoms with Crippen molar-refractivity contribution in [2.24, 2.45) is 5.41 Å². The second kappa shape index (κ2) is 12.5. The molecule has 0 aliphatic carbocycles. The maximum absolute atomic E-state index is 6.48. The van der Waals surface area contributed by atoms with E-state index in [1.54, 1.807) is 6.20 Å². The molecule has 10 aromatic rings. The van der Waals surface area contributed by atoms with Crippen molar-refractivity contribution >= 4 is 60.0 Å². The van der Waals surface area contributed by atoms with Crippen LogP contribution < -0.4 is 0 Å². The number of rotatable bonds is 3. The topological polar surface area (TPSA) is 43.3 Å². The maximum atomic E-state index is 6.48. The fourth-order valence-electron chi connectivity index (χ4n) is 7.24. The molecule has 5 heterocycles. The molecule has 5 aromatic heterocycles. The number of nitrogens with zero attached hydrogens (tertiary/aromatic N) is 3. The fourth-order valence-corrected chi connectivity index (χ4v) is 7.24. The van der Waals surface area contributed by atoms with Crippen molar-refractivity contribution in [1.29, 1.82) is 0 Å². The molecule has 0 aliphatic rings. The largest absolute Gasteiger partial charge is 0.455 e. The number of furan rings is 1. The van der Waals surface area contributed by atoms with Crippen LogP contribution in [-0.4, -0.2) is 14.4 Å². The van der Waals surface area contributed by atoms with E-state index in [4.69, 9.17) is 9.40 Å². The van der Waals surface area contributed by atoms with E-state index in [-0.39, 0.29) is 25.5 Å². The summed E-state index contributed by atoms with van der Waals surface area (Å²) in [6.07, 6.45) is 4.72. The van der Waals surface area contributed by atoms with E-state index in [0.717, 1.165) is 56.4 Å². The molecular formula is C45H33IrN3O-2. The third-order valence-electron chi connectivity index (χ3n) is 9.22. The Bertz CT molecular complexity index is 2740. The average molecular weight is 824 g/mol. The van der Waals surface area contributed by atoms with Gasteiger partial charge in [-0.3, -0.25) is 0 Å². The van der Waals surface area contributed by atoms with Gasteiger partial charge >= 0.3 is 0 Å². The normalized spacial score (nSPS) is 11.8.